The minimum absolute atomic E-state index is 0.280. The van der Waals surface area contributed by atoms with Crippen molar-refractivity contribution < 1.29 is 14.3 Å². The third-order valence-electron chi connectivity index (χ3n) is 3.48. The van der Waals surface area contributed by atoms with Crippen LogP contribution in [0.3, 0.4) is 0 Å². The molecule has 1 unspecified atom stereocenters. The Balaban J connectivity index is 2.04. The number of likely N-dealkylation sites (tertiary alicyclic amines) is 1. The number of rotatable bonds is 3. The van der Waals surface area contributed by atoms with Crippen molar-refractivity contribution >= 4 is 23.4 Å². The summed E-state index contributed by atoms with van der Waals surface area (Å²) in [5, 5.41) is 2.79. The Bertz CT molecular complexity index is 501. The SMILES string of the molecule is CCOC(=O)C1CCCCN1C(=O)Nc1ccc(N)cc1. The fourth-order valence-corrected chi connectivity index (χ4v) is 2.42. The number of anilines is 2. The first-order valence-corrected chi connectivity index (χ1v) is 7.21. The number of nitrogens with one attached hydrogen (secondary N) is 1. The molecule has 6 nitrogen and oxygen atoms in total. The third kappa shape index (κ3) is 3.87. The second-order valence-electron chi connectivity index (χ2n) is 5.01. The largest absolute Gasteiger partial charge is 0.464 e. The zero-order chi connectivity index (χ0) is 15.2. The van der Waals surface area contributed by atoms with Gasteiger partial charge in [-0.25, -0.2) is 9.59 Å². The van der Waals surface area contributed by atoms with Gasteiger partial charge >= 0.3 is 12.0 Å². The second kappa shape index (κ2) is 6.97. The number of urea groups is 1. The molecule has 2 rings (SSSR count). The number of hydrogen-bond donors (Lipinski definition) is 2. The first-order chi connectivity index (χ1) is 10.1. The number of nitrogen functional groups attached to an aromatic ring is 1. The van der Waals surface area contributed by atoms with E-state index in [0.717, 1.165) is 12.8 Å². The van der Waals surface area contributed by atoms with Crippen molar-refractivity contribution in [2.45, 2.75) is 32.2 Å². The van der Waals surface area contributed by atoms with E-state index in [1.54, 1.807) is 36.1 Å². The highest BCUT2D eigenvalue weighted by atomic mass is 16.5. The van der Waals surface area contributed by atoms with E-state index in [1.807, 2.05) is 0 Å². The van der Waals surface area contributed by atoms with Crippen molar-refractivity contribution in [3.63, 3.8) is 0 Å². The minimum atomic E-state index is -0.493. The molecule has 3 N–H and O–H groups in total. The smallest absolute Gasteiger partial charge is 0.328 e. The Morgan fingerprint density at radius 2 is 2.05 bits per heavy atom. The van der Waals surface area contributed by atoms with Crippen LogP contribution in [0.5, 0.6) is 0 Å². The van der Waals surface area contributed by atoms with Crippen LogP contribution >= 0.6 is 0 Å². The number of amides is 2. The Morgan fingerprint density at radius 1 is 1.33 bits per heavy atom. The van der Waals surface area contributed by atoms with Gasteiger partial charge in [0.05, 0.1) is 6.61 Å². The van der Waals surface area contributed by atoms with Crippen molar-refractivity contribution in [3.05, 3.63) is 24.3 Å². The summed E-state index contributed by atoms with van der Waals surface area (Å²) in [5.41, 5.74) is 6.90. The molecule has 0 spiro atoms. The Hall–Kier alpha value is -2.24. The fourth-order valence-electron chi connectivity index (χ4n) is 2.42. The molecule has 1 atom stereocenters. The number of hydrogen-bond acceptors (Lipinski definition) is 4. The summed E-state index contributed by atoms with van der Waals surface area (Å²) in [6, 6.07) is 6.13. The van der Waals surface area contributed by atoms with E-state index in [2.05, 4.69) is 5.32 Å². The molecule has 1 heterocycles. The highest BCUT2D eigenvalue weighted by Gasteiger charge is 2.33. The molecule has 0 saturated carbocycles. The molecule has 0 bridgehead atoms. The first-order valence-electron chi connectivity index (χ1n) is 7.21. The van der Waals surface area contributed by atoms with Crippen LogP contribution in [0.25, 0.3) is 0 Å². The van der Waals surface area contributed by atoms with Crippen molar-refractivity contribution in [2.24, 2.45) is 0 Å². The molecule has 1 aromatic rings. The van der Waals surface area contributed by atoms with Gasteiger partial charge in [0.1, 0.15) is 6.04 Å². The lowest BCUT2D eigenvalue weighted by Crippen LogP contribution is -2.50. The lowest BCUT2D eigenvalue weighted by molar-refractivity contribution is -0.149. The molecule has 114 valence electrons. The molecule has 0 aromatic heterocycles. The van der Waals surface area contributed by atoms with E-state index in [0.29, 0.717) is 30.9 Å². The number of nitrogens with zero attached hydrogens (tertiary/aromatic N) is 1. The van der Waals surface area contributed by atoms with Gasteiger partial charge in [0.25, 0.3) is 0 Å². The summed E-state index contributed by atoms with van der Waals surface area (Å²) in [5.74, 6) is -0.329. The Labute approximate surface area is 124 Å². The number of carbonyl (C=O) groups excluding carboxylic acids is 2. The summed E-state index contributed by atoms with van der Waals surface area (Å²) in [6.45, 7) is 2.65. The topological polar surface area (TPSA) is 84.7 Å². The van der Waals surface area contributed by atoms with Crippen molar-refractivity contribution in [1.82, 2.24) is 4.90 Å². The van der Waals surface area contributed by atoms with Crippen molar-refractivity contribution in [1.29, 1.82) is 0 Å². The first kappa shape index (κ1) is 15.2. The van der Waals surface area contributed by atoms with E-state index < -0.39 is 6.04 Å². The molecule has 0 radical (unpaired) electrons. The zero-order valence-electron chi connectivity index (χ0n) is 12.2. The maximum Gasteiger partial charge on any atom is 0.328 e. The van der Waals surface area contributed by atoms with Gasteiger partial charge < -0.3 is 20.7 Å². The lowest BCUT2D eigenvalue weighted by atomic mass is 10.0. The summed E-state index contributed by atoms with van der Waals surface area (Å²) >= 11 is 0. The molecule has 1 aromatic carbocycles. The lowest BCUT2D eigenvalue weighted by Gasteiger charge is -2.33. The van der Waals surface area contributed by atoms with Gasteiger partial charge in [0.2, 0.25) is 0 Å². The highest BCUT2D eigenvalue weighted by molar-refractivity contribution is 5.92. The van der Waals surface area contributed by atoms with Crippen LogP contribution < -0.4 is 11.1 Å². The van der Waals surface area contributed by atoms with E-state index in [9.17, 15) is 9.59 Å². The average Bonchev–Trinajstić information content (AvgIpc) is 2.50. The van der Waals surface area contributed by atoms with Gasteiger partial charge in [-0.3, -0.25) is 0 Å². The van der Waals surface area contributed by atoms with Crippen molar-refractivity contribution in [3.8, 4) is 0 Å². The molecule has 1 saturated heterocycles. The van der Waals surface area contributed by atoms with Gasteiger partial charge in [-0.1, -0.05) is 0 Å². The predicted octanol–water partition coefficient (Wildman–Crippen LogP) is 2.22. The molecular weight excluding hydrogens is 270 g/mol. The van der Waals surface area contributed by atoms with E-state index >= 15 is 0 Å². The quantitative estimate of drug-likeness (QED) is 0.660. The average molecular weight is 291 g/mol. The Kier molecular flexibility index (Phi) is 5.03. The number of esters is 1. The number of carbonyl (C=O) groups is 2. The fraction of sp³-hybridized carbons (Fsp3) is 0.467. The highest BCUT2D eigenvalue weighted by Crippen LogP contribution is 2.20. The van der Waals surface area contributed by atoms with Crippen LogP contribution in [-0.4, -0.2) is 36.1 Å². The second-order valence-corrected chi connectivity index (χ2v) is 5.01. The summed E-state index contributed by atoms with van der Waals surface area (Å²) < 4.78 is 5.05. The molecular formula is C15H21N3O3. The summed E-state index contributed by atoms with van der Waals surface area (Å²) in [6.07, 6.45) is 2.47. The van der Waals surface area contributed by atoms with Crippen LogP contribution in [0.4, 0.5) is 16.2 Å². The van der Waals surface area contributed by atoms with Crippen molar-refractivity contribution in [2.75, 3.05) is 24.2 Å². The molecule has 1 aliphatic rings. The maximum absolute atomic E-state index is 12.3. The van der Waals surface area contributed by atoms with Crippen LogP contribution in [0, 0.1) is 0 Å². The van der Waals surface area contributed by atoms with E-state index in [1.165, 1.54) is 0 Å². The molecule has 21 heavy (non-hydrogen) atoms. The monoisotopic (exact) mass is 291 g/mol. The number of benzene rings is 1. The van der Waals surface area contributed by atoms with Gasteiger partial charge in [-0.2, -0.15) is 0 Å². The van der Waals surface area contributed by atoms with Gasteiger partial charge in [-0.05, 0) is 50.5 Å². The number of ether oxygens (including phenoxy) is 1. The normalized spacial score (nSPS) is 18.1. The molecule has 1 aliphatic heterocycles. The predicted molar refractivity (Wildman–Crippen MR) is 80.9 cm³/mol. The number of piperidine rings is 1. The molecule has 0 aliphatic carbocycles. The standard InChI is InChI=1S/C15H21N3O3/c1-2-21-14(19)13-5-3-4-10-18(13)15(20)17-12-8-6-11(16)7-9-12/h6-9,13H,2-5,10,16H2,1H3,(H,17,20). The maximum atomic E-state index is 12.3. The summed E-state index contributed by atoms with van der Waals surface area (Å²) in [4.78, 5) is 25.9. The minimum Gasteiger partial charge on any atom is -0.464 e. The molecule has 2 amide bonds. The van der Waals surface area contributed by atoms with Crippen LogP contribution in [0.2, 0.25) is 0 Å². The van der Waals surface area contributed by atoms with E-state index in [4.69, 9.17) is 10.5 Å². The number of nitrogens with two attached hydrogens (primary N) is 1. The van der Waals surface area contributed by atoms with Gasteiger partial charge in [0, 0.05) is 17.9 Å². The third-order valence-corrected chi connectivity index (χ3v) is 3.48. The van der Waals surface area contributed by atoms with Gasteiger partial charge in [0.15, 0.2) is 0 Å². The Morgan fingerprint density at radius 3 is 2.71 bits per heavy atom. The van der Waals surface area contributed by atoms with Gasteiger partial charge in [-0.15, -0.1) is 0 Å². The molecule has 6 heteroatoms. The summed E-state index contributed by atoms with van der Waals surface area (Å²) in [7, 11) is 0. The van der Waals surface area contributed by atoms with Crippen LogP contribution in [-0.2, 0) is 9.53 Å². The van der Waals surface area contributed by atoms with E-state index in [-0.39, 0.29) is 12.0 Å². The van der Waals surface area contributed by atoms with Crippen LogP contribution in [0.15, 0.2) is 24.3 Å². The zero-order valence-corrected chi connectivity index (χ0v) is 12.2. The molecule has 1 fully saturated rings. The van der Waals surface area contributed by atoms with Crippen LogP contribution in [0.1, 0.15) is 26.2 Å².